The number of hydrogen-bond donors (Lipinski definition) is 2. The zero-order valence-electron chi connectivity index (χ0n) is 19.4. The lowest BCUT2D eigenvalue weighted by molar-refractivity contribution is -0.172. The largest absolute Gasteiger partial charge is 0.390 e. The van der Waals surface area contributed by atoms with Gasteiger partial charge in [0.25, 0.3) is 0 Å². The third kappa shape index (κ3) is 6.92. The average molecular weight is 433 g/mol. The second-order valence-corrected chi connectivity index (χ2v) is 8.74. The van der Waals surface area contributed by atoms with Crippen LogP contribution in [-0.4, -0.2) is 59.2 Å². The summed E-state index contributed by atoms with van der Waals surface area (Å²) in [5.41, 5.74) is 3.39. The van der Waals surface area contributed by atoms with Crippen LogP contribution in [0, 0.1) is 12.8 Å². The molecule has 0 aliphatic carbocycles. The fourth-order valence-corrected chi connectivity index (χ4v) is 3.23. The number of rotatable bonds is 6. The molecule has 1 fully saturated rings. The van der Waals surface area contributed by atoms with Gasteiger partial charge in [-0.15, -0.1) is 5.10 Å². The normalized spacial score (nSPS) is 24.2. The van der Waals surface area contributed by atoms with Crippen LogP contribution in [0.5, 0.6) is 0 Å². The summed E-state index contributed by atoms with van der Waals surface area (Å²) < 4.78 is 7.51. The lowest BCUT2D eigenvalue weighted by Crippen LogP contribution is -2.45. The minimum absolute atomic E-state index is 0.220. The van der Waals surface area contributed by atoms with Crippen LogP contribution in [0.25, 0.3) is 11.8 Å². The molecule has 4 radical (unpaired) electrons. The molecule has 2 heterocycles. The minimum Gasteiger partial charge on any atom is -0.390 e. The molecule has 1 aliphatic heterocycles. The first kappa shape index (κ1) is 26.1. The van der Waals surface area contributed by atoms with Gasteiger partial charge in [0, 0.05) is 6.42 Å². The van der Waals surface area contributed by atoms with Gasteiger partial charge in [0.15, 0.2) is 0 Å². The first-order valence-corrected chi connectivity index (χ1v) is 11.0. The molecule has 0 saturated carbocycles. The van der Waals surface area contributed by atoms with Crippen molar-refractivity contribution in [1.82, 2.24) is 15.0 Å². The van der Waals surface area contributed by atoms with Crippen molar-refractivity contribution in [1.29, 1.82) is 0 Å². The molecule has 0 amide bonds. The Bertz CT molecular complexity index is 898. The van der Waals surface area contributed by atoms with Crippen LogP contribution < -0.4 is 0 Å². The summed E-state index contributed by atoms with van der Waals surface area (Å²) in [6, 6.07) is 5.90. The van der Waals surface area contributed by atoms with E-state index in [4.69, 9.17) is 20.4 Å². The van der Waals surface area contributed by atoms with E-state index in [9.17, 15) is 10.2 Å². The van der Waals surface area contributed by atoms with Gasteiger partial charge in [0.2, 0.25) is 0 Å². The summed E-state index contributed by atoms with van der Waals surface area (Å²) in [5, 5.41) is 28.9. The second kappa shape index (κ2) is 12.2. The number of aromatic nitrogens is 3. The molecule has 6 nitrogen and oxygen atoms in total. The summed E-state index contributed by atoms with van der Waals surface area (Å²) in [4.78, 5) is 0. The number of aliphatic hydroxyl groups excluding tert-OH is 2. The molecule has 8 heteroatoms. The molecule has 2 aromatic rings. The molecule has 1 aromatic heterocycles. The molecule has 0 spiro atoms. The smallest absolute Gasteiger partial charge is 0.132 e. The summed E-state index contributed by atoms with van der Waals surface area (Å²) in [7, 11) is 11.6. The Hall–Kier alpha value is -2.15. The topological polar surface area (TPSA) is 80.4 Å². The number of nitrogens with zero attached hydrogens (tertiary/aromatic N) is 3. The number of aryl methyl sites for hydroxylation is 1. The second-order valence-electron chi connectivity index (χ2n) is 8.74. The molecule has 1 aliphatic rings. The van der Waals surface area contributed by atoms with Crippen LogP contribution in [0.15, 0.2) is 43.1 Å². The molecular formula is C24H33B2N3O3. The van der Waals surface area contributed by atoms with Gasteiger partial charge in [0.1, 0.15) is 17.9 Å². The van der Waals surface area contributed by atoms with Gasteiger partial charge in [-0.25, -0.2) is 4.68 Å². The zero-order chi connectivity index (χ0) is 23.8. The highest BCUT2D eigenvalue weighted by Gasteiger charge is 2.40. The van der Waals surface area contributed by atoms with Crippen LogP contribution in [0.2, 0.25) is 12.1 Å². The van der Waals surface area contributed by atoms with Crippen molar-refractivity contribution in [2.24, 2.45) is 5.92 Å². The Balaban J connectivity index is 0.000000837. The van der Waals surface area contributed by atoms with Crippen molar-refractivity contribution in [3.8, 4) is 5.69 Å². The van der Waals surface area contributed by atoms with Crippen molar-refractivity contribution in [3.05, 3.63) is 59.9 Å². The third-order valence-electron chi connectivity index (χ3n) is 4.99. The van der Waals surface area contributed by atoms with Crippen molar-refractivity contribution in [3.63, 3.8) is 0 Å². The first-order chi connectivity index (χ1) is 15.2. The van der Waals surface area contributed by atoms with E-state index in [2.05, 4.69) is 37.7 Å². The molecule has 32 heavy (non-hydrogen) atoms. The van der Waals surface area contributed by atoms with Gasteiger partial charge in [-0.3, -0.25) is 0 Å². The Labute approximate surface area is 194 Å². The fraction of sp³-hybridized carbons (Fsp3) is 0.500. The van der Waals surface area contributed by atoms with Crippen LogP contribution in [-0.2, 0) is 4.74 Å². The van der Waals surface area contributed by atoms with Gasteiger partial charge in [0.05, 0.1) is 39.8 Å². The predicted molar refractivity (Wildman–Crippen MR) is 130 cm³/mol. The monoisotopic (exact) mass is 433 g/mol. The summed E-state index contributed by atoms with van der Waals surface area (Å²) in [6.07, 6.45) is 4.30. The molecule has 0 bridgehead atoms. The molecule has 5 atom stereocenters. The van der Waals surface area contributed by atoms with Crippen LogP contribution in [0.1, 0.15) is 50.1 Å². The summed E-state index contributed by atoms with van der Waals surface area (Å²) in [6.45, 7) is 12.2. The van der Waals surface area contributed by atoms with E-state index in [1.165, 1.54) is 0 Å². The van der Waals surface area contributed by atoms with Gasteiger partial charge >= 0.3 is 0 Å². The van der Waals surface area contributed by atoms with E-state index in [1.807, 2.05) is 37.3 Å². The Morgan fingerprint density at radius 3 is 2.62 bits per heavy atom. The van der Waals surface area contributed by atoms with Gasteiger partial charge in [-0.1, -0.05) is 69.0 Å². The quantitative estimate of drug-likeness (QED) is 0.539. The maximum Gasteiger partial charge on any atom is 0.132 e. The molecule has 3 rings (SSSR count). The highest BCUT2D eigenvalue weighted by Crippen LogP contribution is 2.35. The van der Waals surface area contributed by atoms with Crippen LogP contribution in [0.4, 0.5) is 0 Å². The highest BCUT2D eigenvalue weighted by atomic mass is 16.5. The molecule has 168 valence electrons. The van der Waals surface area contributed by atoms with E-state index < -0.39 is 30.2 Å². The lowest BCUT2D eigenvalue weighted by atomic mass is 9.71. The van der Waals surface area contributed by atoms with Crippen molar-refractivity contribution in [2.45, 2.75) is 70.7 Å². The average Bonchev–Trinajstić information content (AvgIpc) is 3.24. The third-order valence-corrected chi connectivity index (χ3v) is 4.99. The predicted octanol–water partition coefficient (Wildman–Crippen LogP) is 3.53. The highest BCUT2D eigenvalue weighted by molar-refractivity contribution is 6.19. The molecule has 2 N–H and O–H groups in total. The summed E-state index contributed by atoms with van der Waals surface area (Å²) in [5.74, 6) is 0.399. The van der Waals surface area contributed by atoms with Crippen molar-refractivity contribution >= 4 is 21.8 Å². The molecular weight excluding hydrogens is 400 g/mol. The molecule has 1 saturated heterocycles. The Kier molecular flexibility index (Phi) is 9.94. The Morgan fingerprint density at radius 1 is 1.31 bits per heavy atom. The van der Waals surface area contributed by atoms with E-state index >= 15 is 0 Å². The SMILES string of the molecule is CC(C)C.[B]CC([B])C1CC(O)C(O)C(c2cn(-c3ccc(C)c(/C=C\C=C)c3)nn2)O1. The number of ether oxygens (including phenoxy) is 1. The number of hydrogen-bond acceptors (Lipinski definition) is 5. The van der Waals surface area contributed by atoms with Gasteiger partial charge < -0.3 is 14.9 Å². The molecule has 1 aromatic carbocycles. The molecule has 5 unspecified atom stereocenters. The number of aliphatic hydroxyl groups is 2. The maximum atomic E-state index is 10.4. The maximum absolute atomic E-state index is 10.4. The lowest BCUT2D eigenvalue weighted by Gasteiger charge is -2.39. The number of benzene rings is 1. The van der Waals surface area contributed by atoms with E-state index in [-0.39, 0.29) is 12.7 Å². The standard InChI is InChI=1S/C20H23B2N3O3.C4H10/c1-3-4-5-13-8-14(7-6-12(13)2)25-11-16(23-24-25)20-19(27)17(26)9-18(28-20)15(22)10-21;1-4(2)3/h3-8,11,15,17-20,26-27H,1,9-10H2,2H3;4H,1-3H3/b5-4-;. The fourth-order valence-electron chi connectivity index (χ4n) is 3.23. The summed E-state index contributed by atoms with van der Waals surface area (Å²) >= 11 is 0. The first-order valence-electron chi connectivity index (χ1n) is 11.0. The van der Waals surface area contributed by atoms with Crippen LogP contribution in [0.3, 0.4) is 0 Å². The van der Waals surface area contributed by atoms with E-state index in [1.54, 1.807) is 17.0 Å². The van der Waals surface area contributed by atoms with Crippen molar-refractivity contribution in [2.75, 3.05) is 0 Å². The van der Waals surface area contributed by atoms with Crippen LogP contribution >= 0.6 is 0 Å². The van der Waals surface area contributed by atoms with Gasteiger partial charge in [-0.2, -0.15) is 0 Å². The van der Waals surface area contributed by atoms with E-state index in [0.717, 1.165) is 22.7 Å². The number of allylic oxidation sites excluding steroid dienone is 2. The minimum atomic E-state index is -1.12. The Morgan fingerprint density at radius 2 is 2.00 bits per heavy atom. The van der Waals surface area contributed by atoms with E-state index in [0.29, 0.717) is 5.69 Å². The zero-order valence-corrected chi connectivity index (χ0v) is 19.4. The van der Waals surface area contributed by atoms with Crippen molar-refractivity contribution < 1.29 is 14.9 Å². The van der Waals surface area contributed by atoms with Gasteiger partial charge in [-0.05, 0) is 36.1 Å².